The molecule has 0 bridgehead atoms. The van der Waals surface area contributed by atoms with Crippen molar-refractivity contribution in [3.8, 4) is 0 Å². The smallest absolute Gasteiger partial charge is 0.352 e. The molecule has 5 rings (SSSR count). The zero-order valence-electron chi connectivity index (χ0n) is 17.4. The van der Waals surface area contributed by atoms with E-state index < -0.39 is 17.6 Å². The van der Waals surface area contributed by atoms with Crippen LogP contribution in [0.3, 0.4) is 0 Å². The fourth-order valence-electron chi connectivity index (χ4n) is 4.53. The van der Waals surface area contributed by atoms with E-state index in [1.165, 1.54) is 23.1 Å². The number of halogens is 3. The first kappa shape index (κ1) is 20.8. The van der Waals surface area contributed by atoms with Gasteiger partial charge in [0.15, 0.2) is 0 Å². The lowest BCUT2D eigenvalue weighted by Gasteiger charge is -2.38. The van der Waals surface area contributed by atoms with E-state index in [0.717, 1.165) is 30.3 Å². The molecule has 1 aromatic heterocycles. The van der Waals surface area contributed by atoms with Crippen LogP contribution < -0.4 is 10.2 Å². The Morgan fingerprint density at radius 2 is 1.94 bits per heavy atom. The van der Waals surface area contributed by atoms with Crippen molar-refractivity contribution < 1.29 is 22.8 Å². The lowest BCUT2D eigenvalue weighted by atomic mass is 10.0. The Morgan fingerprint density at radius 3 is 2.69 bits per heavy atom. The number of hydrogen-bond donors (Lipinski definition) is 1. The molecule has 1 N–H and O–H groups in total. The lowest BCUT2D eigenvalue weighted by molar-refractivity contribution is -0.138. The summed E-state index contributed by atoms with van der Waals surface area (Å²) in [6.07, 6.45) is -0.112. The van der Waals surface area contributed by atoms with Gasteiger partial charge in [-0.05, 0) is 48.9 Å². The molecule has 2 aliphatic heterocycles. The van der Waals surface area contributed by atoms with Crippen molar-refractivity contribution in [3.05, 3.63) is 58.8 Å². The second-order valence-corrected chi connectivity index (χ2v) is 8.71. The Kier molecular flexibility index (Phi) is 5.06. The zero-order valence-corrected chi connectivity index (χ0v) is 17.4. The molecule has 3 aliphatic rings. The Bertz CT molecular complexity index is 1070. The van der Waals surface area contributed by atoms with Gasteiger partial charge < -0.3 is 15.1 Å². The second kappa shape index (κ2) is 7.79. The van der Waals surface area contributed by atoms with Crippen LogP contribution in [0.15, 0.2) is 36.5 Å². The van der Waals surface area contributed by atoms with Crippen LogP contribution in [0.4, 0.5) is 19.0 Å². The predicted octanol–water partition coefficient (Wildman–Crippen LogP) is 3.13. The Labute approximate surface area is 183 Å². The van der Waals surface area contributed by atoms with Gasteiger partial charge in [0.25, 0.3) is 11.8 Å². The summed E-state index contributed by atoms with van der Waals surface area (Å²) in [5, 5.41) is 2.94. The summed E-state index contributed by atoms with van der Waals surface area (Å²) >= 11 is 0. The number of hydrogen-bond acceptors (Lipinski definition) is 4. The van der Waals surface area contributed by atoms with Crippen LogP contribution in [-0.2, 0) is 12.6 Å². The highest BCUT2D eigenvalue weighted by Crippen LogP contribution is 2.35. The van der Waals surface area contributed by atoms with Gasteiger partial charge in [0.1, 0.15) is 5.82 Å². The fraction of sp³-hybridized carbons (Fsp3) is 0.435. The van der Waals surface area contributed by atoms with Gasteiger partial charge in [-0.3, -0.25) is 9.59 Å². The highest BCUT2D eigenvalue weighted by Gasteiger charge is 2.40. The van der Waals surface area contributed by atoms with Crippen molar-refractivity contribution in [3.63, 3.8) is 0 Å². The number of nitrogens with one attached hydrogen (secondary N) is 1. The highest BCUT2D eigenvalue weighted by atomic mass is 19.4. The summed E-state index contributed by atoms with van der Waals surface area (Å²) in [6, 6.07) is 6.68. The van der Waals surface area contributed by atoms with Crippen LogP contribution in [0.2, 0.25) is 0 Å². The van der Waals surface area contributed by atoms with E-state index in [9.17, 15) is 22.8 Å². The number of amides is 2. The Morgan fingerprint density at radius 1 is 1.16 bits per heavy atom. The van der Waals surface area contributed by atoms with Crippen LogP contribution >= 0.6 is 0 Å². The molecule has 9 heteroatoms. The Balaban J connectivity index is 1.30. The van der Waals surface area contributed by atoms with Crippen molar-refractivity contribution in [1.82, 2.24) is 15.2 Å². The average Bonchev–Trinajstić information content (AvgIpc) is 3.54. The summed E-state index contributed by atoms with van der Waals surface area (Å²) < 4.78 is 40.1. The number of carbonyl (C=O) groups excluding carboxylic acids is 2. The Hall–Kier alpha value is -3.10. The second-order valence-electron chi connectivity index (χ2n) is 8.71. The minimum absolute atomic E-state index is 0.0713. The van der Waals surface area contributed by atoms with Gasteiger partial charge in [-0.25, -0.2) is 4.98 Å². The lowest BCUT2D eigenvalue weighted by Crippen LogP contribution is -2.53. The summed E-state index contributed by atoms with van der Waals surface area (Å²) in [7, 11) is 0. The highest BCUT2D eigenvalue weighted by molar-refractivity contribution is 5.96. The molecular formula is C23H23F3N4O2. The number of alkyl halides is 3. The van der Waals surface area contributed by atoms with Gasteiger partial charge in [-0.1, -0.05) is 12.1 Å². The van der Waals surface area contributed by atoms with Gasteiger partial charge in [0, 0.05) is 32.4 Å². The molecule has 2 aromatic rings. The zero-order chi connectivity index (χ0) is 22.5. The summed E-state index contributed by atoms with van der Waals surface area (Å²) in [5.41, 5.74) is 0.206. The summed E-state index contributed by atoms with van der Waals surface area (Å²) in [5.74, 6) is 0.622. The monoisotopic (exact) mass is 444 g/mol. The number of rotatable bonds is 4. The number of nitrogens with zero attached hydrogens (tertiary/aromatic N) is 3. The molecule has 0 spiro atoms. The maximum atomic E-state index is 13.4. The number of aromatic nitrogens is 1. The van der Waals surface area contributed by atoms with E-state index in [2.05, 4.69) is 15.2 Å². The van der Waals surface area contributed by atoms with E-state index in [4.69, 9.17) is 0 Å². The largest absolute Gasteiger partial charge is 0.417 e. The molecule has 32 heavy (non-hydrogen) atoms. The van der Waals surface area contributed by atoms with E-state index in [-0.39, 0.29) is 17.5 Å². The molecule has 6 nitrogen and oxygen atoms in total. The number of benzene rings is 1. The molecule has 2 amide bonds. The van der Waals surface area contributed by atoms with Gasteiger partial charge in [0.2, 0.25) is 0 Å². The van der Waals surface area contributed by atoms with E-state index in [1.54, 1.807) is 6.20 Å². The molecule has 0 radical (unpaired) electrons. The minimum Gasteiger partial charge on any atom is -0.352 e. The van der Waals surface area contributed by atoms with Crippen molar-refractivity contribution in [1.29, 1.82) is 0 Å². The van der Waals surface area contributed by atoms with Gasteiger partial charge >= 0.3 is 6.18 Å². The summed E-state index contributed by atoms with van der Waals surface area (Å²) in [6.45, 7) is 1.79. The van der Waals surface area contributed by atoms with Crippen LogP contribution in [0.25, 0.3) is 0 Å². The van der Waals surface area contributed by atoms with Crippen LogP contribution in [-0.4, -0.2) is 53.9 Å². The van der Waals surface area contributed by atoms with Gasteiger partial charge in [0.05, 0.1) is 22.7 Å². The average molecular weight is 444 g/mol. The van der Waals surface area contributed by atoms with Crippen molar-refractivity contribution in [2.24, 2.45) is 5.92 Å². The van der Waals surface area contributed by atoms with Gasteiger partial charge in [-0.2, -0.15) is 13.2 Å². The topological polar surface area (TPSA) is 65.5 Å². The molecular weight excluding hydrogens is 421 g/mol. The van der Waals surface area contributed by atoms with Crippen LogP contribution in [0.5, 0.6) is 0 Å². The quantitative estimate of drug-likeness (QED) is 0.787. The molecule has 1 aromatic carbocycles. The molecule has 1 saturated heterocycles. The number of fused-ring (bicyclic) bond motifs is 3. The van der Waals surface area contributed by atoms with E-state index in [1.807, 2.05) is 6.07 Å². The minimum atomic E-state index is -4.59. The first-order valence-electron chi connectivity index (χ1n) is 10.8. The maximum Gasteiger partial charge on any atom is 0.417 e. The molecule has 1 saturated carbocycles. The standard InChI is InChI=1S/C23H23F3N4O2/c24-23(25,26)19-4-2-1-3-18(19)22(32)29-7-8-30-17(13-29)10-15-9-16(12-27-20(15)30)21(31)28-11-14-5-6-14/h1-4,9,12,14,17H,5-8,10-11,13H2,(H,28,31). The van der Waals surface area contributed by atoms with Gasteiger partial charge in [-0.15, -0.1) is 0 Å². The summed E-state index contributed by atoms with van der Waals surface area (Å²) in [4.78, 5) is 33.4. The number of anilines is 1. The normalized spacial score (nSPS) is 20.0. The number of pyridine rings is 1. The number of carbonyl (C=O) groups is 2. The third kappa shape index (κ3) is 3.91. The molecule has 1 atom stereocenters. The van der Waals surface area contributed by atoms with Crippen molar-refractivity contribution in [2.75, 3.05) is 31.1 Å². The van der Waals surface area contributed by atoms with Crippen molar-refractivity contribution in [2.45, 2.75) is 31.5 Å². The van der Waals surface area contributed by atoms with Crippen LogP contribution in [0, 0.1) is 5.92 Å². The van der Waals surface area contributed by atoms with E-state index in [0.29, 0.717) is 44.1 Å². The molecule has 1 unspecified atom stereocenters. The molecule has 1 aliphatic carbocycles. The van der Waals surface area contributed by atoms with Crippen molar-refractivity contribution >= 4 is 17.6 Å². The number of piperazine rings is 1. The predicted molar refractivity (Wildman–Crippen MR) is 111 cm³/mol. The molecule has 2 fully saturated rings. The third-order valence-corrected chi connectivity index (χ3v) is 6.41. The van der Waals surface area contributed by atoms with E-state index >= 15 is 0 Å². The third-order valence-electron chi connectivity index (χ3n) is 6.41. The molecule has 3 heterocycles. The molecule has 168 valence electrons. The first-order chi connectivity index (χ1) is 15.3. The first-order valence-corrected chi connectivity index (χ1v) is 10.8. The van der Waals surface area contributed by atoms with Crippen LogP contribution in [0.1, 0.15) is 44.7 Å². The maximum absolute atomic E-state index is 13.4. The SMILES string of the molecule is O=C(NCC1CC1)c1cnc2c(c1)CC1CN(C(=O)c3ccccc3C(F)(F)F)CCN21. The fourth-order valence-corrected chi connectivity index (χ4v) is 4.53.